The molecule has 0 bridgehead atoms. The van der Waals surface area contributed by atoms with Gasteiger partial charge >= 0.3 is 5.97 Å². The third-order valence-corrected chi connectivity index (χ3v) is 3.51. The summed E-state index contributed by atoms with van der Waals surface area (Å²) < 4.78 is 5.29. The molecule has 0 spiro atoms. The maximum atomic E-state index is 11.2. The van der Waals surface area contributed by atoms with E-state index in [0.717, 1.165) is 17.0 Å². The van der Waals surface area contributed by atoms with Crippen LogP contribution in [0, 0.1) is 5.41 Å². The normalized spacial score (nSPS) is 18.4. The van der Waals surface area contributed by atoms with Crippen LogP contribution in [0.3, 0.4) is 0 Å². The van der Waals surface area contributed by atoms with Crippen LogP contribution < -0.4 is 10.1 Å². The number of rotatable bonds is 3. The van der Waals surface area contributed by atoms with Crippen LogP contribution in [-0.4, -0.2) is 24.2 Å². The van der Waals surface area contributed by atoms with E-state index in [9.17, 15) is 9.90 Å². The number of carboxylic acids is 1. The van der Waals surface area contributed by atoms with Crippen molar-refractivity contribution in [2.24, 2.45) is 5.41 Å². The Balaban J connectivity index is 2.30. The molecule has 0 amide bonds. The van der Waals surface area contributed by atoms with Gasteiger partial charge in [0.1, 0.15) is 5.75 Å². The van der Waals surface area contributed by atoms with E-state index in [1.54, 1.807) is 21.0 Å². The number of carbonyl (C=O) groups is 1. The van der Waals surface area contributed by atoms with Gasteiger partial charge in [-0.15, -0.1) is 0 Å². The summed E-state index contributed by atoms with van der Waals surface area (Å²) in [7, 11) is 1.63. The zero-order valence-corrected chi connectivity index (χ0v) is 10.3. The topological polar surface area (TPSA) is 58.6 Å². The van der Waals surface area contributed by atoms with Gasteiger partial charge in [0.05, 0.1) is 12.5 Å². The lowest BCUT2D eigenvalue weighted by atomic mass is 9.83. The van der Waals surface area contributed by atoms with Crippen molar-refractivity contribution in [2.45, 2.75) is 26.3 Å². The van der Waals surface area contributed by atoms with Gasteiger partial charge in [-0.25, -0.2) is 0 Å². The van der Waals surface area contributed by atoms with Crippen molar-refractivity contribution in [3.8, 4) is 5.75 Å². The molecule has 1 aromatic rings. The highest BCUT2D eigenvalue weighted by Crippen LogP contribution is 2.39. The van der Waals surface area contributed by atoms with Crippen molar-refractivity contribution in [1.82, 2.24) is 0 Å². The maximum absolute atomic E-state index is 11.2. The fourth-order valence-electron chi connectivity index (χ4n) is 2.13. The van der Waals surface area contributed by atoms with Crippen LogP contribution in [-0.2, 0) is 11.2 Å². The van der Waals surface area contributed by atoms with E-state index < -0.39 is 11.4 Å². The first-order valence-corrected chi connectivity index (χ1v) is 5.62. The quantitative estimate of drug-likeness (QED) is 0.842. The van der Waals surface area contributed by atoms with Crippen LogP contribution in [0.25, 0.3) is 0 Å². The molecule has 4 nitrogen and oxygen atoms in total. The minimum atomic E-state index is -0.802. The lowest BCUT2D eigenvalue weighted by Gasteiger charge is -2.27. The van der Waals surface area contributed by atoms with Crippen molar-refractivity contribution in [1.29, 1.82) is 0 Å². The Morgan fingerprint density at radius 1 is 1.53 bits per heavy atom. The van der Waals surface area contributed by atoms with Crippen LogP contribution in [0.2, 0.25) is 0 Å². The minimum absolute atomic E-state index is 0.105. The highest BCUT2D eigenvalue weighted by Gasteiger charge is 2.40. The molecule has 0 saturated carbocycles. The number of ether oxygens (including phenoxy) is 1. The molecular formula is C13H17NO3. The van der Waals surface area contributed by atoms with Crippen LogP contribution in [0.1, 0.15) is 19.4 Å². The second-order valence-electron chi connectivity index (χ2n) is 4.91. The van der Waals surface area contributed by atoms with Crippen LogP contribution in [0.5, 0.6) is 5.75 Å². The molecule has 0 radical (unpaired) electrons. The van der Waals surface area contributed by atoms with E-state index in [4.69, 9.17) is 4.74 Å². The molecule has 0 aliphatic carbocycles. The van der Waals surface area contributed by atoms with Crippen molar-refractivity contribution < 1.29 is 14.6 Å². The van der Waals surface area contributed by atoms with Gasteiger partial charge < -0.3 is 15.2 Å². The van der Waals surface area contributed by atoms with Gasteiger partial charge in [0.2, 0.25) is 0 Å². The van der Waals surface area contributed by atoms with Crippen molar-refractivity contribution in [3.63, 3.8) is 0 Å². The second kappa shape index (κ2) is 3.95. The molecule has 0 fully saturated rings. The molecule has 1 aromatic carbocycles. The molecule has 2 N–H and O–H groups in total. The maximum Gasteiger partial charge on any atom is 0.311 e. The largest absolute Gasteiger partial charge is 0.496 e. The first-order chi connectivity index (χ1) is 7.96. The molecule has 92 valence electrons. The van der Waals surface area contributed by atoms with E-state index in [1.165, 1.54) is 0 Å². The molecule has 0 aromatic heterocycles. The van der Waals surface area contributed by atoms with E-state index >= 15 is 0 Å². The Bertz CT molecular complexity index is 454. The van der Waals surface area contributed by atoms with Gasteiger partial charge in [0.15, 0.2) is 0 Å². The van der Waals surface area contributed by atoms with Crippen LogP contribution in [0.4, 0.5) is 5.69 Å². The molecule has 1 aliphatic heterocycles. The Labute approximate surface area is 101 Å². The molecule has 4 heteroatoms. The molecule has 1 unspecified atom stereocenters. The summed E-state index contributed by atoms with van der Waals surface area (Å²) in [5, 5.41) is 12.5. The van der Waals surface area contributed by atoms with Crippen molar-refractivity contribution in [2.75, 3.05) is 12.4 Å². The Kier molecular flexibility index (Phi) is 2.73. The highest BCUT2D eigenvalue weighted by molar-refractivity contribution is 5.77. The number of nitrogens with one attached hydrogen (secondary N) is 1. The van der Waals surface area contributed by atoms with E-state index in [2.05, 4.69) is 5.32 Å². The van der Waals surface area contributed by atoms with Gasteiger partial charge in [-0.1, -0.05) is 6.07 Å². The van der Waals surface area contributed by atoms with Gasteiger partial charge in [-0.3, -0.25) is 4.79 Å². The van der Waals surface area contributed by atoms with Crippen LogP contribution in [0.15, 0.2) is 18.2 Å². The lowest BCUT2D eigenvalue weighted by Crippen LogP contribution is -2.41. The number of carboxylic acid groups (broad SMARTS) is 1. The molecule has 2 rings (SSSR count). The second-order valence-corrected chi connectivity index (χ2v) is 4.91. The summed E-state index contributed by atoms with van der Waals surface area (Å²) in [5.41, 5.74) is 1.24. The third-order valence-electron chi connectivity index (χ3n) is 3.51. The number of methoxy groups -OCH3 is 1. The molecule has 1 heterocycles. The zero-order valence-electron chi connectivity index (χ0n) is 10.3. The van der Waals surface area contributed by atoms with E-state index in [-0.39, 0.29) is 6.04 Å². The lowest BCUT2D eigenvalue weighted by molar-refractivity contribution is -0.147. The smallest absolute Gasteiger partial charge is 0.311 e. The average molecular weight is 235 g/mol. The Hall–Kier alpha value is -1.71. The summed E-state index contributed by atoms with van der Waals surface area (Å²) >= 11 is 0. The number of benzene rings is 1. The molecular weight excluding hydrogens is 218 g/mol. The summed E-state index contributed by atoms with van der Waals surface area (Å²) in [6.45, 7) is 3.48. The first kappa shape index (κ1) is 11.8. The Morgan fingerprint density at radius 3 is 2.82 bits per heavy atom. The van der Waals surface area contributed by atoms with E-state index in [1.807, 2.05) is 18.2 Å². The molecule has 17 heavy (non-hydrogen) atoms. The third kappa shape index (κ3) is 1.84. The van der Waals surface area contributed by atoms with Gasteiger partial charge in [-0.05, 0) is 32.4 Å². The highest BCUT2D eigenvalue weighted by atomic mass is 16.5. The zero-order chi connectivity index (χ0) is 12.6. The molecule has 1 atom stereocenters. The van der Waals surface area contributed by atoms with Gasteiger partial charge in [-0.2, -0.15) is 0 Å². The summed E-state index contributed by atoms with van der Waals surface area (Å²) in [5.74, 6) is 0.0282. The fraction of sp³-hybridized carbons (Fsp3) is 0.462. The monoisotopic (exact) mass is 235 g/mol. The summed E-state index contributed by atoms with van der Waals surface area (Å²) in [6.07, 6.45) is 0.679. The van der Waals surface area contributed by atoms with E-state index in [0.29, 0.717) is 6.42 Å². The fourth-order valence-corrected chi connectivity index (χ4v) is 2.13. The van der Waals surface area contributed by atoms with Gasteiger partial charge in [0, 0.05) is 17.3 Å². The summed E-state index contributed by atoms with van der Waals surface area (Å²) in [4.78, 5) is 11.2. The first-order valence-electron chi connectivity index (χ1n) is 5.62. The number of fused-ring (bicyclic) bond motifs is 1. The van der Waals surface area contributed by atoms with Gasteiger partial charge in [0.25, 0.3) is 0 Å². The number of aliphatic carboxylic acids is 1. The summed E-state index contributed by atoms with van der Waals surface area (Å²) in [6, 6.07) is 5.65. The molecule has 0 saturated heterocycles. The van der Waals surface area contributed by atoms with Crippen LogP contribution >= 0.6 is 0 Å². The number of hydrogen-bond acceptors (Lipinski definition) is 3. The van der Waals surface area contributed by atoms with Crippen molar-refractivity contribution >= 4 is 11.7 Å². The predicted octanol–water partition coefficient (Wildman–Crippen LogP) is 2.14. The average Bonchev–Trinajstić information content (AvgIpc) is 2.72. The number of anilines is 1. The SMILES string of the molecule is COc1cccc2c1CC(C(C)(C)C(=O)O)N2. The van der Waals surface area contributed by atoms with Crippen molar-refractivity contribution in [3.05, 3.63) is 23.8 Å². The molecule has 1 aliphatic rings. The minimum Gasteiger partial charge on any atom is -0.496 e. The Morgan fingerprint density at radius 2 is 2.24 bits per heavy atom. The number of hydrogen-bond donors (Lipinski definition) is 2. The predicted molar refractivity (Wildman–Crippen MR) is 65.5 cm³/mol. The standard InChI is InChI=1S/C13H17NO3/c1-13(2,12(15)16)11-7-8-9(14-11)5-4-6-10(8)17-3/h4-6,11,14H,7H2,1-3H3,(H,15,16).